The maximum Gasteiger partial charge on any atom is 0.145 e. The summed E-state index contributed by atoms with van der Waals surface area (Å²) in [7, 11) is 0. The van der Waals surface area contributed by atoms with Crippen molar-refractivity contribution in [1.29, 1.82) is 0 Å². The fourth-order valence-corrected chi connectivity index (χ4v) is 2.24. The third-order valence-electron chi connectivity index (χ3n) is 3.62. The fourth-order valence-electron chi connectivity index (χ4n) is 2.24. The predicted molar refractivity (Wildman–Crippen MR) is 86.8 cm³/mol. The van der Waals surface area contributed by atoms with Crippen LogP contribution in [0, 0.1) is 0 Å². The highest BCUT2D eigenvalue weighted by Crippen LogP contribution is 2.25. The first kappa shape index (κ1) is 15.5. The summed E-state index contributed by atoms with van der Waals surface area (Å²) in [5.41, 5.74) is 8.25. The number of pyridine rings is 1. The highest BCUT2D eigenvalue weighted by atomic mass is 16.5. The predicted octanol–water partition coefficient (Wildman–Crippen LogP) is 4.28. The molecule has 0 aliphatic carbocycles. The van der Waals surface area contributed by atoms with Crippen LogP contribution in [0.3, 0.4) is 0 Å². The Kier molecular flexibility index (Phi) is 5.34. The number of hydrogen-bond donors (Lipinski definition) is 1. The van der Waals surface area contributed by atoms with Crippen LogP contribution in [0.4, 0.5) is 0 Å². The minimum absolute atomic E-state index is 0.122. The van der Waals surface area contributed by atoms with Gasteiger partial charge in [-0.25, -0.2) is 0 Å². The molecule has 0 aliphatic heterocycles. The summed E-state index contributed by atoms with van der Waals surface area (Å²) in [6, 6.07) is 10.4. The van der Waals surface area contributed by atoms with Crippen molar-refractivity contribution in [1.82, 2.24) is 4.98 Å². The van der Waals surface area contributed by atoms with E-state index in [1.165, 1.54) is 5.56 Å². The van der Waals surface area contributed by atoms with Crippen LogP contribution in [0.1, 0.15) is 44.2 Å². The SMILES string of the molecule is CCC(C)c1ccc(Oc2cncc(CC(C)N)c2)cc1. The third kappa shape index (κ3) is 4.57. The van der Waals surface area contributed by atoms with Crippen LogP contribution in [0.25, 0.3) is 0 Å². The van der Waals surface area contributed by atoms with Crippen molar-refractivity contribution in [2.24, 2.45) is 5.73 Å². The van der Waals surface area contributed by atoms with E-state index in [0.29, 0.717) is 5.92 Å². The van der Waals surface area contributed by atoms with E-state index >= 15 is 0 Å². The van der Waals surface area contributed by atoms with Crippen molar-refractivity contribution in [2.45, 2.75) is 45.6 Å². The monoisotopic (exact) mass is 284 g/mol. The molecule has 1 aromatic heterocycles. The van der Waals surface area contributed by atoms with Gasteiger partial charge in [0.15, 0.2) is 0 Å². The molecule has 2 rings (SSSR count). The highest BCUT2D eigenvalue weighted by Gasteiger charge is 2.05. The Labute approximate surface area is 127 Å². The Balaban J connectivity index is 2.07. The second-order valence-corrected chi connectivity index (χ2v) is 5.69. The standard InChI is InChI=1S/C18H24N2O/c1-4-13(2)16-5-7-17(8-6-16)21-18-10-15(9-14(3)19)11-20-12-18/h5-8,10-14H,4,9,19H2,1-3H3. The number of hydrogen-bond acceptors (Lipinski definition) is 3. The molecule has 0 amide bonds. The van der Waals surface area contributed by atoms with Gasteiger partial charge in [0.2, 0.25) is 0 Å². The first-order chi connectivity index (χ1) is 10.1. The molecule has 0 saturated heterocycles. The summed E-state index contributed by atoms with van der Waals surface area (Å²) in [5.74, 6) is 2.17. The average molecular weight is 284 g/mol. The summed E-state index contributed by atoms with van der Waals surface area (Å²) in [6.07, 6.45) is 5.51. The van der Waals surface area contributed by atoms with Gasteiger partial charge >= 0.3 is 0 Å². The molecule has 2 aromatic rings. The number of nitrogens with zero attached hydrogens (tertiary/aromatic N) is 1. The van der Waals surface area contributed by atoms with Gasteiger partial charge in [0.05, 0.1) is 6.20 Å². The lowest BCUT2D eigenvalue weighted by molar-refractivity contribution is 0.478. The quantitative estimate of drug-likeness (QED) is 0.861. The number of ether oxygens (including phenoxy) is 1. The van der Waals surface area contributed by atoms with E-state index in [9.17, 15) is 0 Å². The number of rotatable bonds is 6. The van der Waals surface area contributed by atoms with Gasteiger partial charge < -0.3 is 10.5 Å². The molecule has 112 valence electrons. The molecule has 3 heteroatoms. The fraction of sp³-hybridized carbons (Fsp3) is 0.389. The Bertz CT molecular complexity index is 564. The lowest BCUT2D eigenvalue weighted by Gasteiger charge is -2.11. The minimum Gasteiger partial charge on any atom is -0.456 e. The second kappa shape index (κ2) is 7.23. The smallest absolute Gasteiger partial charge is 0.145 e. The van der Waals surface area contributed by atoms with Crippen LogP contribution in [0.5, 0.6) is 11.5 Å². The molecular weight excluding hydrogens is 260 g/mol. The maximum absolute atomic E-state index is 5.87. The Morgan fingerprint density at radius 3 is 2.43 bits per heavy atom. The number of nitrogens with two attached hydrogens (primary N) is 1. The van der Waals surface area contributed by atoms with E-state index in [2.05, 4.69) is 31.0 Å². The third-order valence-corrected chi connectivity index (χ3v) is 3.62. The molecule has 0 fully saturated rings. The maximum atomic E-state index is 5.87. The van der Waals surface area contributed by atoms with E-state index in [-0.39, 0.29) is 6.04 Å². The zero-order chi connectivity index (χ0) is 15.2. The zero-order valence-corrected chi connectivity index (χ0v) is 13.0. The van der Waals surface area contributed by atoms with Crippen LogP contribution in [0.15, 0.2) is 42.7 Å². The van der Waals surface area contributed by atoms with Gasteiger partial charge in [-0.3, -0.25) is 4.98 Å². The zero-order valence-electron chi connectivity index (χ0n) is 13.0. The highest BCUT2D eigenvalue weighted by molar-refractivity contribution is 5.34. The summed E-state index contributed by atoms with van der Waals surface area (Å²) < 4.78 is 5.87. The minimum atomic E-state index is 0.122. The van der Waals surface area contributed by atoms with Gasteiger partial charge in [-0.1, -0.05) is 26.0 Å². The van der Waals surface area contributed by atoms with Crippen molar-refractivity contribution >= 4 is 0 Å². The molecule has 3 nitrogen and oxygen atoms in total. The summed E-state index contributed by atoms with van der Waals surface area (Å²) >= 11 is 0. The molecule has 2 unspecified atom stereocenters. The van der Waals surface area contributed by atoms with Gasteiger partial charge in [0.1, 0.15) is 11.5 Å². The van der Waals surface area contributed by atoms with Crippen molar-refractivity contribution < 1.29 is 4.74 Å². The van der Waals surface area contributed by atoms with Crippen LogP contribution in [-0.2, 0) is 6.42 Å². The van der Waals surface area contributed by atoms with E-state index in [0.717, 1.165) is 29.9 Å². The van der Waals surface area contributed by atoms with Crippen LogP contribution in [-0.4, -0.2) is 11.0 Å². The van der Waals surface area contributed by atoms with E-state index in [1.54, 1.807) is 6.20 Å². The van der Waals surface area contributed by atoms with Gasteiger partial charge in [-0.05, 0) is 55.0 Å². The molecule has 2 N–H and O–H groups in total. The molecule has 0 radical (unpaired) electrons. The first-order valence-electron chi connectivity index (χ1n) is 7.55. The Morgan fingerprint density at radius 1 is 1.10 bits per heavy atom. The topological polar surface area (TPSA) is 48.1 Å². The molecule has 1 aromatic carbocycles. The lowest BCUT2D eigenvalue weighted by atomic mass is 9.99. The molecule has 21 heavy (non-hydrogen) atoms. The molecule has 0 saturated carbocycles. The van der Waals surface area contributed by atoms with E-state index in [4.69, 9.17) is 10.5 Å². The van der Waals surface area contributed by atoms with E-state index in [1.807, 2.05) is 31.3 Å². The second-order valence-electron chi connectivity index (χ2n) is 5.69. The summed E-state index contributed by atoms with van der Waals surface area (Å²) in [4.78, 5) is 4.21. The summed E-state index contributed by atoms with van der Waals surface area (Å²) in [5, 5.41) is 0. The molecule has 0 bridgehead atoms. The molecule has 0 spiro atoms. The van der Waals surface area contributed by atoms with Gasteiger partial charge in [0.25, 0.3) is 0 Å². The van der Waals surface area contributed by atoms with Crippen molar-refractivity contribution in [3.63, 3.8) is 0 Å². The van der Waals surface area contributed by atoms with Crippen LogP contribution >= 0.6 is 0 Å². The molecular formula is C18H24N2O. The van der Waals surface area contributed by atoms with Crippen molar-refractivity contribution in [2.75, 3.05) is 0 Å². The summed E-state index contributed by atoms with van der Waals surface area (Å²) in [6.45, 7) is 6.42. The largest absolute Gasteiger partial charge is 0.456 e. The van der Waals surface area contributed by atoms with Crippen LogP contribution < -0.4 is 10.5 Å². The van der Waals surface area contributed by atoms with Crippen LogP contribution in [0.2, 0.25) is 0 Å². The molecule has 0 aliphatic rings. The number of aromatic nitrogens is 1. The normalized spacial score (nSPS) is 13.7. The molecule has 2 atom stereocenters. The number of benzene rings is 1. The first-order valence-corrected chi connectivity index (χ1v) is 7.55. The Hall–Kier alpha value is -1.87. The van der Waals surface area contributed by atoms with Crippen molar-refractivity contribution in [3.05, 3.63) is 53.9 Å². The van der Waals surface area contributed by atoms with Gasteiger partial charge in [0, 0.05) is 12.2 Å². The van der Waals surface area contributed by atoms with E-state index < -0.39 is 0 Å². The van der Waals surface area contributed by atoms with Gasteiger partial charge in [-0.2, -0.15) is 0 Å². The van der Waals surface area contributed by atoms with Crippen molar-refractivity contribution in [3.8, 4) is 11.5 Å². The molecule has 1 heterocycles. The Morgan fingerprint density at radius 2 is 1.81 bits per heavy atom. The average Bonchev–Trinajstić information content (AvgIpc) is 2.47. The van der Waals surface area contributed by atoms with Gasteiger partial charge in [-0.15, -0.1) is 0 Å². The lowest BCUT2D eigenvalue weighted by Crippen LogP contribution is -2.17.